The van der Waals surface area contributed by atoms with Crippen LogP contribution in [0.2, 0.25) is 0 Å². The minimum atomic E-state index is -3.60. The molecule has 0 saturated carbocycles. The highest BCUT2D eigenvalue weighted by Gasteiger charge is 2.52. The van der Waals surface area contributed by atoms with Crippen LogP contribution in [0, 0.1) is 0 Å². The molecule has 1 aliphatic rings. The average Bonchev–Trinajstić information content (AvgIpc) is 2.66. The summed E-state index contributed by atoms with van der Waals surface area (Å²) in [6.07, 6.45) is -1.72. The quantitative estimate of drug-likeness (QED) is 0.735. The summed E-state index contributed by atoms with van der Waals surface area (Å²) in [7, 11) is -1.23. The van der Waals surface area contributed by atoms with E-state index in [2.05, 4.69) is 9.97 Å². The highest BCUT2D eigenvalue weighted by molar-refractivity contribution is 6.61. The van der Waals surface area contributed by atoms with Crippen LogP contribution in [0.5, 0.6) is 0 Å². The van der Waals surface area contributed by atoms with E-state index in [0.717, 1.165) is 0 Å². The zero-order valence-electron chi connectivity index (χ0n) is 22.3. The van der Waals surface area contributed by atoms with Crippen LogP contribution in [0.3, 0.4) is 0 Å². The fourth-order valence-electron chi connectivity index (χ4n) is 1.50. The summed E-state index contributed by atoms with van der Waals surface area (Å²) in [5, 5.41) is 0. The first-order valence-electron chi connectivity index (χ1n) is 11.3. The normalized spacial score (nSPS) is 32.2. The number of hydrogen-bond donors (Lipinski definition) is 0. The van der Waals surface area contributed by atoms with Gasteiger partial charge >= 0.3 is 7.12 Å². The van der Waals surface area contributed by atoms with Crippen molar-refractivity contribution in [3.63, 3.8) is 0 Å². The summed E-state index contributed by atoms with van der Waals surface area (Å²) >= 11 is 0. The second kappa shape index (κ2) is 4.28. The Balaban J connectivity index is 2.76. The molecule has 19 heavy (non-hydrogen) atoms. The van der Waals surface area contributed by atoms with Gasteiger partial charge in [0, 0.05) is 30.1 Å². The van der Waals surface area contributed by atoms with Gasteiger partial charge in [-0.1, -0.05) is 20.6 Å². The summed E-state index contributed by atoms with van der Waals surface area (Å²) in [5.74, 6) is 0. The van der Waals surface area contributed by atoms with Crippen LogP contribution in [-0.2, 0) is 14.7 Å². The Hall–Kier alpha value is -0.935. The largest absolute Gasteiger partial charge is 0.516 e. The van der Waals surface area contributed by atoms with Gasteiger partial charge in [-0.05, 0) is 27.7 Å². The molecule has 1 aliphatic heterocycles. The van der Waals surface area contributed by atoms with Gasteiger partial charge in [-0.15, -0.1) is 0 Å². The molecule has 2 heterocycles. The molecular weight excluding hydrogens is 239 g/mol. The molecule has 1 saturated heterocycles. The van der Waals surface area contributed by atoms with Crippen LogP contribution in [0.15, 0.2) is 12.3 Å². The first kappa shape index (κ1) is 5.82. The van der Waals surface area contributed by atoms with Gasteiger partial charge in [-0.3, -0.25) is 9.97 Å². The van der Waals surface area contributed by atoms with Gasteiger partial charge in [-0.25, -0.2) is 0 Å². The van der Waals surface area contributed by atoms with Crippen LogP contribution >= 0.6 is 0 Å². The van der Waals surface area contributed by atoms with Crippen LogP contribution in [0.4, 0.5) is 0 Å². The van der Waals surface area contributed by atoms with E-state index >= 15 is 0 Å². The lowest BCUT2D eigenvalue weighted by Gasteiger charge is -2.32. The fourth-order valence-corrected chi connectivity index (χ4v) is 1.50. The molecule has 0 spiro atoms. The Morgan fingerprint density at radius 3 is 2.21 bits per heavy atom. The van der Waals surface area contributed by atoms with Gasteiger partial charge in [0.15, 0.2) is 0 Å². The van der Waals surface area contributed by atoms with Crippen molar-refractivity contribution in [2.45, 2.75) is 64.9 Å². The van der Waals surface area contributed by atoms with E-state index in [1.54, 1.807) is 27.7 Å². The lowest BCUT2D eigenvalue weighted by molar-refractivity contribution is 0.00578. The summed E-state index contributed by atoms with van der Waals surface area (Å²) < 4.78 is 97.4. The van der Waals surface area contributed by atoms with Gasteiger partial charge in [0.05, 0.1) is 25.2 Å². The Morgan fingerprint density at radius 1 is 1.11 bits per heavy atom. The molecule has 0 radical (unpaired) electrons. The zero-order chi connectivity index (χ0) is 23.7. The summed E-state index contributed by atoms with van der Waals surface area (Å²) in [6, 6.07) is 0. The lowest BCUT2D eigenvalue weighted by Crippen LogP contribution is -2.41. The van der Waals surface area contributed by atoms with E-state index in [4.69, 9.17) is 24.4 Å². The van der Waals surface area contributed by atoms with E-state index in [1.807, 2.05) is 0 Å². The van der Waals surface area contributed by atoms with Crippen molar-refractivity contribution in [3.05, 3.63) is 18.0 Å². The molecule has 1 aromatic rings. The van der Waals surface area contributed by atoms with Crippen LogP contribution in [0.25, 0.3) is 0 Å². The monoisotopic (exact) mass is 273 g/mol. The molecule has 0 atom stereocenters. The number of rotatable bonds is 1. The number of aromatic nitrogens is 2. The van der Waals surface area contributed by atoms with Gasteiger partial charge in [-0.2, -0.15) is 0 Å². The summed E-state index contributed by atoms with van der Waals surface area (Å²) in [5.41, 5.74) is -6.54. The third-order valence-corrected chi connectivity index (χ3v) is 3.40. The maximum absolute atomic E-state index is 8.16. The molecular formula is C14H23BN2O2. The molecule has 2 rings (SSSR count). The predicted molar refractivity (Wildman–Crippen MR) is 76.4 cm³/mol. The van der Waals surface area contributed by atoms with E-state index < -0.39 is 62.3 Å². The SMILES string of the molecule is [2H]c1nc(C(C([2H])([2H])[2H])(C([2H])([2H])[2H])C([2H])([2H])[2H])c([2H])nc1B1OC(C)(C)C(C)(C)O1. The molecule has 0 aromatic carbocycles. The third kappa shape index (κ3) is 2.67. The second-order valence-electron chi connectivity index (χ2n) is 5.52. The fraction of sp³-hybridized carbons (Fsp3) is 0.714. The highest BCUT2D eigenvalue weighted by atomic mass is 16.7. The van der Waals surface area contributed by atoms with E-state index in [9.17, 15) is 0 Å². The van der Waals surface area contributed by atoms with Crippen molar-refractivity contribution < 1.29 is 24.4 Å². The van der Waals surface area contributed by atoms with Crippen molar-refractivity contribution in [2.75, 3.05) is 0 Å². The Morgan fingerprint density at radius 2 is 1.68 bits per heavy atom. The van der Waals surface area contributed by atoms with Crippen molar-refractivity contribution in [3.8, 4) is 0 Å². The first-order valence-corrected chi connectivity index (χ1v) is 5.81. The lowest BCUT2D eigenvalue weighted by atomic mass is 9.84. The minimum Gasteiger partial charge on any atom is -0.398 e. The minimum absolute atomic E-state index is 0.280. The van der Waals surface area contributed by atoms with Gasteiger partial charge in [0.25, 0.3) is 0 Å². The predicted octanol–water partition coefficient (Wildman–Crippen LogP) is 2.07. The molecule has 0 unspecified atom stereocenters. The van der Waals surface area contributed by atoms with E-state index in [-0.39, 0.29) is 5.59 Å². The van der Waals surface area contributed by atoms with Crippen LogP contribution < -0.4 is 5.59 Å². The Bertz CT molecular complexity index is 781. The van der Waals surface area contributed by atoms with Crippen molar-refractivity contribution >= 4 is 12.7 Å². The Labute approximate surface area is 131 Å². The smallest absolute Gasteiger partial charge is 0.398 e. The molecule has 5 heteroatoms. The number of nitrogens with zero attached hydrogens (tertiary/aromatic N) is 2. The highest BCUT2D eigenvalue weighted by Crippen LogP contribution is 2.36. The number of hydrogen-bond acceptors (Lipinski definition) is 4. The van der Waals surface area contributed by atoms with Crippen LogP contribution in [-0.4, -0.2) is 28.3 Å². The van der Waals surface area contributed by atoms with Gasteiger partial charge in [0.2, 0.25) is 0 Å². The molecule has 0 amide bonds. The average molecular weight is 273 g/mol. The topological polar surface area (TPSA) is 44.2 Å². The molecule has 1 fully saturated rings. The Kier molecular flexibility index (Phi) is 1.31. The first-order chi connectivity index (χ1) is 13.1. The summed E-state index contributed by atoms with van der Waals surface area (Å²) in [4.78, 5) is 7.47. The van der Waals surface area contributed by atoms with E-state index in [0.29, 0.717) is 0 Å². The molecule has 104 valence electrons. The molecule has 1 aromatic heterocycles. The second-order valence-corrected chi connectivity index (χ2v) is 5.52. The van der Waals surface area contributed by atoms with Crippen molar-refractivity contribution in [1.82, 2.24) is 9.97 Å². The summed E-state index contributed by atoms with van der Waals surface area (Å²) in [6.45, 7) is -3.86. The van der Waals surface area contributed by atoms with Crippen LogP contribution in [0.1, 0.15) is 69.0 Å². The van der Waals surface area contributed by atoms with Gasteiger partial charge in [0.1, 0.15) is 0 Å². The molecule has 0 bridgehead atoms. The van der Waals surface area contributed by atoms with E-state index in [1.165, 1.54) is 0 Å². The maximum atomic E-state index is 8.16. The standard InChI is InChI=1S/C14H23BN2O2/c1-12(2,3)10-8-17-11(9-16-10)15-18-13(4,5)14(6,7)19-15/h8-9H,1-7H3/i1D3,2D3,3D3,8D,9D. The third-order valence-electron chi connectivity index (χ3n) is 3.40. The van der Waals surface area contributed by atoms with Crippen molar-refractivity contribution in [1.29, 1.82) is 0 Å². The molecule has 0 N–H and O–H groups in total. The maximum Gasteiger partial charge on any atom is 0.516 e. The molecule has 4 nitrogen and oxygen atoms in total. The zero-order valence-corrected chi connectivity index (χ0v) is 11.3. The van der Waals surface area contributed by atoms with Crippen molar-refractivity contribution in [2.24, 2.45) is 0 Å². The van der Waals surface area contributed by atoms with Gasteiger partial charge < -0.3 is 9.31 Å². The molecule has 0 aliphatic carbocycles.